The van der Waals surface area contributed by atoms with Gasteiger partial charge in [-0.15, -0.1) is 5.11 Å². The molecule has 0 saturated heterocycles. The van der Waals surface area contributed by atoms with Gasteiger partial charge in [0.25, 0.3) is 5.69 Å². The lowest BCUT2D eigenvalue weighted by molar-refractivity contribution is -0.384. The molecular formula is C13H12N4O3. The number of hydrogen-bond acceptors (Lipinski definition) is 5. The molecule has 7 nitrogen and oxygen atoms in total. The predicted molar refractivity (Wildman–Crippen MR) is 74.2 cm³/mol. The number of nitro groups is 1. The molecule has 2 aromatic rings. The van der Waals surface area contributed by atoms with Crippen LogP contribution < -0.4 is 10.2 Å². The van der Waals surface area contributed by atoms with E-state index in [2.05, 4.69) is 15.8 Å². The van der Waals surface area contributed by atoms with Gasteiger partial charge in [0.15, 0.2) is 5.69 Å². The van der Waals surface area contributed by atoms with Crippen molar-refractivity contribution in [3.8, 4) is 5.75 Å². The van der Waals surface area contributed by atoms with Gasteiger partial charge in [-0.1, -0.05) is 23.4 Å². The van der Waals surface area contributed by atoms with E-state index in [1.807, 2.05) is 18.2 Å². The maximum atomic E-state index is 11.0. The smallest absolute Gasteiger partial charge is 0.300 e. The molecule has 0 heterocycles. The molecule has 0 fully saturated rings. The lowest BCUT2D eigenvalue weighted by atomic mass is 10.2. The number of nitro benzene ring substituents is 1. The van der Waals surface area contributed by atoms with Gasteiger partial charge in [-0.05, 0) is 24.3 Å². The minimum atomic E-state index is -0.528. The summed E-state index contributed by atoms with van der Waals surface area (Å²) in [6, 6.07) is 13.5. The minimum absolute atomic E-state index is 0.152. The highest BCUT2D eigenvalue weighted by molar-refractivity contribution is 5.59. The van der Waals surface area contributed by atoms with Crippen LogP contribution >= 0.6 is 0 Å². The molecule has 0 unspecified atom stereocenters. The van der Waals surface area contributed by atoms with Crippen LogP contribution in [0.2, 0.25) is 0 Å². The summed E-state index contributed by atoms with van der Waals surface area (Å²) in [6.45, 7) is 0. The van der Waals surface area contributed by atoms with E-state index in [0.29, 0.717) is 5.75 Å². The Morgan fingerprint density at radius 3 is 2.60 bits per heavy atom. The molecule has 102 valence electrons. The Labute approximate surface area is 115 Å². The van der Waals surface area contributed by atoms with E-state index in [-0.39, 0.29) is 11.4 Å². The Morgan fingerprint density at radius 2 is 1.95 bits per heavy atom. The Bertz CT molecular complexity index is 629. The zero-order chi connectivity index (χ0) is 14.4. The molecule has 0 aliphatic rings. The lowest BCUT2D eigenvalue weighted by Gasteiger charge is -2.01. The Kier molecular flexibility index (Phi) is 4.23. The van der Waals surface area contributed by atoms with Crippen LogP contribution in [0.15, 0.2) is 58.9 Å². The minimum Gasteiger partial charge on any atom is -0.496 e. The van der Waals surface area contributed by atoms with Crippen LogP contribution in [0.1, 0.15) is 0 Å². The first-order valence-corrected chi connectivity index (χ1v) is 5.75. The Hall–Kier alpha value is -2.96. The van der Waals surface area contributed by atoms with Crippen molar-refractivity contribution < 1.29 is 9.66 Å². The van der Waals surface area contributed by atoms with Gasteiger partial charge in [-0.25, -0.2) is 0 Å². The highest BCUT2D eigenvalue weighted by Gasteiger charge is 2.14. The van der Waals surface area contributed by atoms with Crippen molar-refractivity contribution in [3.05, 3.63) is 58.6 Å². The fourth-order valence-electron chi connectivity index (χ4n) is 1.51. The maximum absolute atomic E-state index is 11.0. The van der Waals surface area contributed by atoms with Gasteiger partial charge in [0, 0.05) is 0 Å². The molecule has 0 aliphatic heterocycles. The van der Waals surface area contributed by atoms with E-state index < -0.39 is 4.92 Å². The molecule has 0 radical (unpaired) electrons. The van der Waals surface area contributed by atoms with Gasteiger partial charge in [0.1, 0.15) is 5.75 Å². The molecule has 1 N–H and O–H groups in total. The number of benzene rings is 2. The molecule has 0 aliphatic carbocycles. The maximum Gasteiger partial charge on any atom is 0.300 e. The fourth-order valence-corrected chi connectivity index (χ4v) is 1.51. The molecule has 0 saturated carbocycles. The van der Waals surface area contributed by atoms with Crippen LogP contribution in [0.5, 0.6) is 5.75 Å². The molecule has 0 spiro atoms. The monoisotopic (exact) mass is 272 g/mol. The van der Waals surface area contributed by atoms with E-state index in [4.69, 9.17) is 4.74 Å². The SMILES string of the molecule is COc1ccc(N=NNc2ccccc2)c([N+](=O)[O-])c1. The van der Waals surface area contributed by atoms with Gasteiger partial charge in [-0.3, -0.25) is 15.5 Å². The van der Waals surface area contributed by atoms with Crippen molar-refractivity contribution in [2.45, 2.75) is 0 Å². The molecular weight excluding hydrogens is 260 g/mol. The number of methoxy groups -OCH3 is 1. The third-order valence-electron chi connectivity index (χ3n) is 2.49. The molecule has 0 bridgehead atoms. The number of rotatable bonds is 5. The zero-order valence-electron chi connectivity index (χ0n) is 10.7. The normalized spacial score (nSPS) is 10.4. The van der Waals surface area contributed by atoms with Crippen LogP contribution in [-0.4, -0.2) is 12.0 Å². The topological polar surface area (TPSA) is 89.1 Å². The summed E-state index contributed by atoms with van der Waals surface area (Å²) in [7, 11) is 1.44. The second-order valence-electron chi connectivity index (χ2n) is 3.79. The largest absolute Gasteiger partial charge is 0.496 e. The lowest BCUT2D eigenvalue weighted by Crippen LogP contribution is -1.91. The van der Waals surface area contributed by atoms with Crippen molar-refractivity contribution in [2.24, 2.45) is 10.3 Å². The molecule has 0 atom stereocenters. The first-order chi connectivity index (χ1) is 9.70. The van der Waals surface area contributed by atoms with Crippen LogP contribution in [0.3, 0.4) is 0 Å². The molecule has 20 heavy (non-hydrogen) atoms. The van der Waals surface area contributed by atoms with Gasteiger partial charge < -0.3 is 4.74 Å². The highest BCUT2D eigenvalue weighted by atomic mass is 16.6. The molecule has 0 amide bonds. The van der Waals surface area contributed by atoms with Crippen LogP contribution in [0.25, 0.3) is 0 Å². The summed E-state index contributed by atoms with van der Waals surface area (Å²) in [6.07, 6.45) is 0. The quantitative estimate of drug-likeness (QED) is 0.510. The number of para-hydroxylation sites is 1. The summed E-state index contributed by atoms with van der Waals surface area (Å²) in [5.74, 6) is 0.395. The van der Waals surface area contributed by atoms with Crippen LogP contribution in [0.4, 0.5) is 17.1 Å². The van der Waals surface area contributed by atoms with Gasteiger partial charge >= 0.3 is 0 Å². The van der Waals surface area contributed by atoms with Crippen molar-refractivity contribution in [3.63, 3.8) is 0 Å². The molecule has 2 rings (SSSR count). The first-order valence-electron chi connectivity index (χ1n) is 5.75. The second kappa shape index (κ2) is 6.28. The molecule has 0 aromatic heterocycles. The van der Waals surface area contributed by atoms with Crippen molar-refractivity contribution >= 4 is 17.1 Å². The standard InChI is InChI=1S/C13H12N4O3/c1-20-11-7-8-12(13(9-11)17(18)19)15-16-14-10-5-3-2-4-6-10/h2-9H,1H3,(H,14,15). The van der Waals surface area contributed by atoms with Gasteiger partial charge in [-0.2, -0.15) is 0 Å². The average molecular weight is 272 g/mol. The summed E-state index contributed by atoms with van der Waals surface area (Å²) in [5.41, 5.74) is 3.42. The number of ether oxygens (including phenoxy) is 1. The number of nitrogens with one attached hydrogen (secondary N) is 1. The van der Waals surface area contributed by atoms with Crippen molar-refractivity contribution in [1.29, 1.82) is 0 Å². The van der Waals surface area contributed by atoms with E-state index in [9.17, 15) is 10.1 Å². The molecule has 7 heteroatoms. The third kappa shape index (κ3) is 3.29. The summed E-state index contributed by atoms with van der Waals surface area (Å²) < 4.78 is 4.94. The number of nitrogens with zero attached hydrogens (tertiary/aromatic N) is 3. The van der Waals surface area contributed by atoms with E-state index in [0.717, 1.165) is 5.69 Å². The second-order valence-corrected chi connectivity index (χ2v) is 3.79. The predicted octanol–water partition coefficient (Wildman–Crippen LogP) is 3.71. The van der Waals surface area contributed by atoms with Crippen molar-refractivity contribution in [1.82, 2.24) is 0 Å². The summed E-state index contributed by atoms with van der Waals surface area (Å²) >= 11 is 0. The highest BCUT2D eigenvalue weighted by Crippen LogP contribution is 2.31. The Balaban J connectivity index is 2.18. The van der Waals surface area contributed by atoms with Crippen LogP contribution in [-0.2, 0) is 0 Å². The first kappa shape index (κ1) is 13.5. The molecule has 2 aromatic carbocycles. The summed E-state index contributed by atoms with van der Waals surface area (Å²) in [5, 5.41) is 18.5. The van der Waals surface area contributed by atoms with Crippen molar-refractivity contribution in [2.75, 3.05) is 12.5 Å². The Morgan fingerprint density at radius 1 is 1.20 bits per heavy atom. The summed E-state index contributed by atoms with van der Waals surface area (Å²) in [4.78, 5) is 10.4. The number of hydrogen-bond donors (Lipinski definition) is 1. The zero-order valence-corrected chi connectivity index (χ0v) is 10.7. The van der Waals surface area contributed by atoms with Gasteiger partial charge in [0.2, 0.25) is 0 Å². The fraction of sp³-hybridized carbons (Fsp3) is 0.0769. The van der Waals surface area contributed by atoms with Crippen LogP contribution in [0, 0.1) is 10.1 Å². The number of anilines is 1. The third-order valence-corrected chi connectivity index (χ3v) is 2.49. The van der Waals surface area contributed by atoms with E-state index in [1.54, 1.807) is 18.2 Å². The van der Waals surface area contributed by atoms with E-state index >= 15 is 0 Å². The van der Waals surface area contributed by atoms with E-state index in [1.165, 1.54) is 19.2 Å². The van der Waals surface area contributed by atoms with Gasteiger partial charge in [0.05, 0.1) is 23.8 Å². The average Bonchev–Trinajstić information content (AvgIpc) is 2.48.